The molecular weight excluding hydrogens is 284 g/mol. The van der Waals surface area contributed by atoms with Gasteiger partial charge >= 0.3 is 5.97 Å². The Kier molecular flexibility index (Phi) is 4.96. The van der Waals surface area contributed by atoms with Crippen molar-refractivity contribution in [3.05, 3.63) is 40.4 Å². The topological polar surface area (TPSA) is 42.4 Å². The molecule has 112 valence electrons. The van der Waals surface area contributed by atoms with Crippen molar-refractivity contribution in [1.29, 1.82) is 0 Å². The van der Waals surface area contributed by atoms with E-state index in [1.165, 1.54) is 22.5 Å². The number of carbonyl (C=O) groups excluding carboxylic acids is 1. The molecular formula is C16H20N2O2S. The highest BCUT2D eigenvalue weighted by molar-refractivity contribution is 7.13. The summed E-state index contributed by atoms with van der Waals surface area (Å²) in [6.07, 6.45) is 0.227. The molecule has 0 radical (unpaired) electrons. The third kappa shape index (κ3) is 4.04. The third-order valence-corrected chi connectivity index (χ3v) is 4.02. The van der Waals surface area contributed by atoms with Crippen LogP contribution in [0.2, 0.25) is 0 Å². The molecule has 0 saturated carbocycles. The van der Waals surface area contributed by atoms with Crippen molar-refractivity contribution in [1.82, 2.24) is 4.98 Å². The number of aromatic nitrogens is 1. The predicted molar refractivity (Wildman–Crippen MR) is 86.4 cm³/mol. The normalized spacial score (nSPS) is 10.5. The quantitative estimate of drug-likeness (QED) is 0.791. The molecule has 0 amide bonds. The first-order valence-corrected chi connectivity index (χ1v) is 7.79. The lowest BCUT2D eigenvalue weighted by atomic mass is 10.1. The molecule has 0 aliphatic rings. The Labute approximate surface area is 129 Å². The number of anilines is 2. The molecule has 0 aliphatic heterocycles. The lowest BCUT2D eigenvalue weighted by Crippen LogP contribution is -2.11. The van der Waals surface area contributed by atoms with Gasteiger partial charge in [-0.15, -0.1) is 11.3 Å². The zero-order valence-electron chi connectivity index (χ0n) is 12.8. The van der Waals surface area contributed by atoms with Crippen LogP contribution in [0.15, 0.2) is 23.6 Å². The molecule has 1 aromatic carbocycles. The Balaban J connectivity index is 2.14. The fraction of sp³-hybridized carbons (Fsp3) is 0.375. The summed E-state index contributed by atoms with van der Waals surface area (Å²) in [5.41, 5.74) is 4.30. The molecule has 4 nitrogen and oxygen atoms in total. The van der Waals surface area contributed by atoms with Crippen molar-refractivity contribution in [3.63, 3.8) is 0 Å². The monoisotopic (exact) mass is 304 g/mol. The average molecular weight is 304 g/mol. The number of hydrogen-bond acceptors (Lipinski definition) is 5. The fourth-order valence-electron chi connectivity index (χ4n) is 2.15. The van der Waals surface area contributed by atoms with E-state index in [0.717, 1.165) is 16.5 Å². The van der Waals surface area contributed by atoms with Crippen molar-refractivity contribution in [2.75, 3.05) is 18.6 Å². The SMILES string of the molecule is CCOC(=O)Cc1csc(N(C)c2cc(C)cc(C)c2)n1. The van der Waals surface area contributed by atoms with E-state index < -0.39 is 0 Å². The van der Waals surface area contributed by atoms with Crippen LogP contribution < -0.4 is 4.90 Å². The number of carbonyl (C=O) groups is 1. The number of esters is 1. The Morgan fingerprint density at radius 3 is 2.57 bits per heavy atom. The second-order valence-electron chi connectivity index (χ2n) is 5.01. The number of ether oxygens (including phenoxy) is 1. The summed E-state index contributed by atoms with van der Waals surface area (Å²) in [6, 6.07) is 6.39. The van der Waals surface area contributed by atoms with E-state index in [4.69, 9.17) is 4.74 Å². The summed E-state index contributed by atoms with van der Waals surface area (Å²) in [5, 5.41) is 2.78. The molecule has 0 unspecified atom stereocenters. The minimum Gasteiger partial charge on any atom is -0.466 e. The highest BCUT2D eigenvalue weighted by Gasteiger charge is 2.12. The molecule has 2 aromatic rings. The lowest BCUT2D eigenvalue weighted by molar-refractivity contribution is -0.142. The summed E-state index contributed by atoms with van der Waals surface area (Å²) in [7, 11) is 1.99. The first kappa shape index (κ1) is 15.5. The zero-order valence-corrected chi connectivity index (χ0v) is 13.7. The van der Waals surface area contributed by atoms with E-state index >= 15 is 0 Å². The highest BCUT2D eigenvalue weighted by Crippen LogP contribution is 2.28. The number of thiazole rings is 1. The van der Waals surface area contributed by atoms with Crippen molar-refractivity contribution in [2.24, 2.45) is 0 Å². The molecule has 1 heterocycles. The van der Waals surface area contributed by atoms with E-state index in [-0.39, 0.29) is 12.4 Å². The summed E-state index contributed by atoms with van der Waals surface area (Å²) in [4.78, 5) is 18.0. The van der Waals surface area contributed by atoms with Crippen molar-refractivity contribution in [2.45, 2.75) is 27.2 Å². The lowest BCUT2D eigenvalue weighted by Gasteiger charge is -2.17. The summed E-state index contributed by atoms with van der Waals surface area (Å²) in [6.45, 7) is 6.37. The van der Waals surface area contributed by atoms with Crippen LogP contribution in [0.1, 0.15) is 23.7 Å². The van der Waals surface area contributed by atoms with E-state index in [2.05, 4.69) is 37.0 Å². The van der Waals surface area contributed by atoms with Gasteiger partial charge in [0.15, 0.2) is 5.13 Å². The van der Waals surface area contributed by atoms with Crippen LogP contribution in [0.25, 0.3) is 0 Å². The molecule has 0 saturated heterocycles. The Morgan fingerprint density at radius 2 is 1.95 bits per heavy atom. The Morgan fingerprint density at radius 1 is 1.29 bits per heavy atom. The number of hydrogen-bond donors (Lipinski definition) is 0. The van der Waals surface area contributed by atoms with Gasteiger partial charge in [-0.1, -0.05) is 6.07 Å². The summed E-state index contributed by atoms with van der Waals surface area (Å²) in [5.74, 6) is -0.233. The number of benzene rings is 1. The van der Waals surface area contributed by atoms with Crippen molar-refractivity contribution in [3.8, 4) is 0 Å². The van der Waals surface area contributed by atoms with Crippen LogP contribution in [0.5, 0.6) is 0 Å². The van der Waals surface area contributed by atoms with Gasteiger partial charge in [-0.05, 0) is 44.0 Å². The largest absolute Gasteiger partial charge is 0.466 e. The van der Waals surface area contributed by atoms with Gasteiger partial charge in [0, 0.05) is 18.1 Å². The van der Waals surface area contributed by atoms with Crippen LogP contribution in [-0.4, -0.2) is 24.6 Å². The highest BCUT2D eigenvalue weighted by atomic mass is 32.1. The fourth-order valence-corrected chi connectivity index (χ4v) is 2.96. The first-order valence-electron chi connectivity index (χ1n) is 6.91. The van der Waals surface area contributed by atoms with Gasteiger partial charge in [-0.2, -0.15) is 0 Å². The van der Waals surface area contributed by atoms with Crippen molar-refractivity contribution >= 4 is 28.1 Å². The van der Waals surface area contributed by atoms with Crippen LogP contribution in [0.4, 0.5) is 10.8 Å². The molecule has 5 heteroatoms. The van der Waals surface area contributed by atoms with Crippen LogP contribution in [0, 0.1) is 13.8 Å². The van der Waals surface area contributed by atoms with Crippen LogP contribution in [0.3, 0.4) is 0 Å². The Bertz CT molecular complexity index is 617. The molecule has 0 atom stereocenters. The third-order valence-electron chi connectivity index (χ3n) is 3.05. The zero-order chi connectivity index (χ0) is 15.4. The molecule has 2 rings (SSSR count). The number of rotatable bonds is 5. The van der Waals surface area contributed by atoms with E-state index in [0.29, 0.717) is 6.61 Å². The molecule has 0 spiro atoms. The maximum absolute atomic E-state index is 11.5. The minimum absolute atomic E-state index is 0.227. The second kappa shape index (κ2) is 6.72. The predicted octanol–water partition coefficient (Wildman–Crippen LogP) is 3.63. The molecule has 21 heavy (non-hydrogen) atoms. The molecule has 0 N–H and O–H groups in total. The maximum atomic E-state index is 11.5. The van der Waals surface area contributed by atoms with E-state index in [1.54, 1.807) is 6.92 Å². The molecule has 0 bridgehead atoms. The van der Waals surface area contributed by atoms with Crippen LogP contribution in [-0.2, 0) is 16.0 Å². The summed E-state index contributed by atoms with van der Waals surface area (Å²) < 4.78 is 4.94. The smallest absolute Gasteiger partial charge is 0.311 e. The average Bonchev–Trinajstić information content (AvgIpc) is 2.85. The van der Waals surface area contributed by atoms with Gasteiger partial charge in [0.05, 0.1) is 18.7 Å². The van der Waals surface area contributed by atoms with Crippen LogP contribution >= 0.6 is 11.3 Å². The van der Waals surface area contributed by atoms with Gasteiger partial charge < -0.3 is 9.64 Å². The van der Waals surface area contributed by atoms with Gasteiger partial charge in [0.1, 0.15) is 0 Å². The standard InChI is InChI=1S/C16H20N2O2S/c1-5-20-15(19)9-13-10-21-16(17-13)18(4)14-7-11(2)6-12(3)8-14/h6-8,10H,5,9H2,1-4H3. The summed E-state index contributed by atoms with van der Waals surface area (Å²) >= 11 is 1.53. The van der Waals surface area contributed by atoms with Gasteiger partial charge in [0.25, 0.3) is 0 Å². The van der Waals surface area contributed by atoms with E-state index in [9.17, 15) is 4.79 Å². The molecule has 0 fully saturated rings. The Hall–Kier alpha value is -1.88. The van der Waals surface area contributed by atoms with Gasteiger partial charge in [0.2, 0.25) is 0 Å². The maximum Gasteiger partial charge on any atom is 0.311 e. The second-order valence-corrected chi connectivity index (χ2v) is 5.84. The number of aryl methyl sites for hydroxylation is 2. The first-order chi connectivity index (χ1) is 9.99. The van der Waals surface area contributed by atoms with E-state index in [1.807, 2.05) is 17.3 Å². The molecule has 0 aliphatic carbocycles. The minimum atomic E-state index is -0.233. The number of nitrogens with zero attached hydrogens (tertiary/aromatic N) is 2. The van der Waals surface area contributed by atoms with Crippen molar-refractivity contribution < 1.29 is 9.53 Å². The van der Waals surface area contributed by atoms with Gasteiger partial charge in [-0.25, -0.2) is 4.98 Å². The molecule has 1 aromatic heterocycles. The van der Waals surface area contributed by atoms with Gasteiger partial charge in [-0.3, -0.25) is 4.79 Å².